The summed E-state index contributed by atoms with van der Waals surface area (Å²) in [6, 6.07) is 13.5. The molecule has 1 aliphatic heterocycles. The maximum atomic E-state index is 13.0. The Hall–Kier alpha value is -3.58. The fourth-order valence-corrected chi connectivity index (χ4v) is 4.58. The third-order valence-electron chi connectivity index (χ3n) is 6.29. The minimum absolute atomic E-state index is 0.0303. The highest BCUT2D eigenvalue weighted by molar-refractivity contribution is 5.89. The largest absolute Gasteiger partial charge is 0.493 e. The molecule has 2 aromatic carbocycles. The van der Waals surface area contributed by atoms with Crippen LogP contribution in [0.2, 0.25) is 0 Å². The van der Waals surface area contributed by atoms with Crippen LogP contribution in [0.25, 0.3) is 11.3 Å². The van der Waals surface area contributed by atoms with Gasteiger partial charge < -0.3 is 23.5 Å². The van der Waals surface area contributed by atoms with Crippen molar-refractivity contribution in [3.8, 4) is 22.8 Å². The van der Waals surface area contributed by atoms with Gasteiger partial charge in [0, 0.05) is 38.0 Å². The molecule has 4 rings (SSSR count). The molecule has 0 bridgehead atoms. The number of ether oxygens (including phenoxy) is 4. The Kier molecular flexibility index (Phi) is 7.56. The zero-order valence-electron chi connectivity index (χ0n) is 20.6. The molecule has 3 aromatic rings. The molecular formula is C28H31NO6. The minimum Gasteiger partial charge on any atom is -0.493 e. The second-order valence-corrected chi connectivity index (χ2v) is 8.50. The average Bonchev–Trinajstić information content (AvgIpc) is 2.86. The van der Waals surface area contributed by atoms with Crippen molar-refractivity contribution in [2.45, 2.75) is 32.7 Å². The van der Waals surface area contributed by atoms with Gasteiger partial charge in [-0.3, -0.25) is 4.79 Å². The number of nitrogens with zero attached hydrogens (tertiary/aromatic N) is 1. The van der Waals surface area contributed by atoms with Crippen LogP contribution in [0.15, 0.2) is 53.5 Å². The van der Waals surface area contributed by atoms with Crippen molar-refractivity contribution in [2.24, 2.45) is 0 Å². The predicted molar refractivity (Wildman–Crippen MR) is 134 cm³/mol. The summed E-state index contributed by atoms with van der Waals surface area (Å²) < 4.78 is 23.9. The number of aryl methyl sites for hydroxylation is 1. The van der Waals surface area contributed by atoms with E-state index in [-0.39, 0.29) is 23.6 Å². The first-order valence-corrected chi connectivity index (χ1v) is 11.8. The number of carbonyl (C=O) groups excluding carboxylic acids is 1. The second kappa shape index (κ2) is 10.8. The molecule has 0 amide bonds. The zero-order chi connectivity index (χ0) is 24.9. The number of carbonyl (C=O) groups is 1. The third kappa shape index (κ3) is 4.95. The van der Waals surface area contributed by atoms with E-state index in [0.29, 0.717) is 31.1 Å². The molecule has 7 heteroatoms. The maximum Gasteiger partial charge on any atom is 0.343 e. The SMILES string of the molecule is CCOC(=O)c1cn2c(cc1=O)-c1cc(OC)c(OCCCOC)cc1CC2c1ccccc1C. The van der Waals surface area contributed by atoms with Crippen molar-refractivity contribution >= 4 is 5.97 Å². The Morgan fingerprint density at radius 3 is 2.60 bits per heavy atom. The van der Waals surface area contributed by atoms with Gasteiger partial charge in [0.25, 0.3) is 0 Å². The van der Waals surface area contributed by atoms with Crippen LogP contribution >= 0.6 is 0 Å². The lowest BCUT2D eigenvalue weighted by atomic mass is 9.87. The number of aromatic nitrogens is 1. The summed E-state index contributed by atoms with van der Waals surface area (Å²) in [7, 11) is 3.26. The summed E-state index contributed by atoms with van der Waals surface area (Å²) in [6.45, 7) is 5.11. The quantitative estimate of drug-likeness (QED) is 0.332. The van der Waals surface area contributed by atoms with E-state index in [4.69, 9.17) is 18.9 Å². The number of methoxy groups -OCH3 is 2. The van der Waals surface area contributed by atoms with Crippen molar-refractivity contribution < 1.29 is 23.7 Å². The average molecular weight is 478 g/mol. The Morgan fingerprint density at radius 2 is 1.89 bits per heavy atom. The summed E-state index contributed by atoms with van der Waals surface area (Å²) in [5.41, 5.74) is 4.56. The normalized spacial score (nSPS) is 14.1. The van der Waals surface area contributed by atoms with E-state index in [9.17, 15) is 9.59 Å². The van der Waals surface area contributed by atoms with Crippen LogP contribution in [0.3, 0.4) is 0 Å². The molecule has 184 valence electrons. The Bertz CT molecular complexity index is 1280. The lowest BCUT2D eigenvalue weighted by molar-refractivity contribution is 0.0523. The number of fused-ring (bicyclic) bond motifs is 3. The smallest absolute Gasteiger partial charge is 0.343 e. The van der Waals surface area contributed by atoms with Crippen molar-refractivity contribution in [1.82, 2.24) is 4.57 Å². The molecule has 1 aromatic heterocycles. The van der Waals surface area contributed by atoms with Crippen molar-refractivity contribution in [3.05, 3.63) is 81.1 Å². The first kappa shape index (κ1) is 24.5. The molecule has 0 saturated carbocycles. The molecule has 0 N–H and O–H groups in total. The first-order valence-electron chi connectivity index (χ1n) is 11.8. The van der Waals surface area contributed by atoms with Gasteiger partial charge in [0.2, 0.25) is 0 Å². The first-order chi connectivity index (χ1) is 17.0. The predicted octanol–water partition coefficient (Wildman–Crippen LogP) is 4.57. The van der Waals surface area contributed by atoms with Gasteiger partial charge in [0.15, 0.2) is 16.9 Å². The molecule has 0 spiro atoms. The molecule has 0 saturated heterocycles. The van der Waals surface area contributed by atoms with E-state index in [1.807, 2.05) is 28.8 Å². The standard InChI is InChI=1S/C28H31NO6/c1-5-34-28(31)22-17-29-23(20-10-7-6-9-18(20)2)13-19-14-27(35-12-8-11-32-3)26(33-4)15-21(19)24(29)16-25(22)30/h6-7,9-10,14-17,23H,5,8,11-13H2,1-4H3. The Morgan fingerprint density at radius 1 is 1.09 bits per heavy atom. The van der Waals surface area contributed by atoms with Gasteiger partial charge in [-0.15, -0.1) is 0 Å². The summed E-state index contributed by atoms with van der Waals surface area (Å²) in [5, 5.41) is 0. The van der Waals surface area contributed by atoms with Crippen molar-refractivity contribution in [1.29, 1.82) is 0 Å². The van der Waals surface area contributed by atoms with E-state index in [0.717, 1.165) is 34.4 Å². The van der Waals surface area contributed by atoms with E-state index >= 15 is 0 Å². The molecular weight excluding hydrogens is 446 g/mol. The molecule has 0 fully saturated rings. The lowest BCUT2D eigenvalue weighted by Crippen LogP contribution is -2.27. The summed E-state index contributed by atoms with van der Waals surface area (Å²) in [4.78, 5) is 25.5. The Labute approximate surface area is 205 Å². The number of hydrogen-bond acceptors (Lipinski definition) is 6. The van der Waals surface area contributed by atoms with Crippen molar-refractivity contribution in [2.75, 3.05) is 34.0 Å². The molecule has 35 heavy (non-hydrogen) atoms. The summed E-state index contributed by atoms with van der Waals surface area (Å²) in [6.07, 6.45) is 3.06. The molecule has 1 unspecified atom stereocenters. The van der Waals surface area contributed by atoms with Crippen LogP contribution < -0.4 is 14.9 Å². The molecule has 7 nitrogen and oxygen atoms in total. The highest BCUT2D eigenvalue weighted by atomic mass is 16.5. The monoisotopic (exact) mass is 477 g/mol. The molecule has 0 radical (unpaired) electrons. The molecule has 1 atom stereocenters. The molecule has 2 heterocycles. The van der Waals surface area contributed by atoms with Crippen LogP contribution in [-0.4, -0.2) is 44.6 Å². The summed E-state index contributed by atoms with van der Waals surface area (Å²) >= 11 is 0. The number of esters is 1. The molecule has 1 aliphatic rings. The van der Waals surface area contributed by atoms with Gasteiger partial charge >= 0.3 is 5.97 Å². The van der Waals surface area contributed by atoms with Crippen molar-refractivity contribution in [3.63, 3.8) is 0 Å². The summed E-state index contributed by atoms with van der Waals surface area (Å²) in [5.74, 6) is 0.633. The van der Waals surface area contributed by atoms with Gasteiger partial charge in [-0.1, -0.05) is 24.3 Å². The van der Waals surface area contributed by atoms with Gasteiger partial charge in [0.05, 0.1) is 32.1 Å². The molecule has 0 aliphatic carbocycles. The van der Waals surface area contributed by atoms with E-state index in [1.165, 1.54) is 6.07 Å². The highest BCUT2D eigenvalue weighted by Gasteiger charge is 2.29. The minimum atomic E-state index is -0.612. The van der Waals surface area contributed by atoms with Gasteiger partial charge in [-0.05, 0) is 49.1 Å². The lowest BCUT2D eigenvalue weighted by Gasteiger charge is -2.32. The number of pyridine rings is 1. The highest BCUT2D eigenvalue weighted by Crippen LogP contribution is 2.43. The fraction of sp³-hybridized carbons (Fsp3) is 0.357. The van der Waals surface area contributed by atoms with Gasteiger partial charge in [0.1, 0.15) is 5.56 Å². The number of benzene rings is 2. The van der Waals surface area contributed by atoms with E-state index < -0.39 is 5.97 Å². The third-order valence-corrected chi connectivity index (χ3v) is 6.29. The van der Waals surface area contributed by atoms with Crippen LogP contribution in [-0.2, 0) is 15.9 Å². The number of hydrogen-bond donors (Lipinski definition) is 0. The van der Waals surface area contributed by atoms with Crippen LogP contribution in [0.4, 0.5) is 0 Å². The zero-order valence-corrected chi connectivity index (χ0v) is 20.6. The van der Waals surface area contributed by atoms with Crippen LogP contribution in [0.1, 0.15) is 46.4 Å². The Balaban J connectivity index is 1.87. The van der Waals surface area contributed by atoms with Crippen LogP contribution in [0.5, 0.6) is 11.5 Å². The topological polar surface area (TPSA) is 76.0 Å². The maximum absolute atomic E-state index is 13.0. The second-order valence-electron chi connectivity index (χ2n) is 8.50. The van der Waals surface area contributed by atoms with Gasteiger partial charge in [-0.2, -0.15) is 0 Å². The van der Waals surface area contributed by atoms with E-state index in [1.54, 1.807) is 27.3 Å². The van der Waals surface area contributed by atoms with Gasteiger partial charge in [-0.25, -0.2) is 4.79 Å². The fourth-order valence-electron chi connectivity index (χ4n) is 4.58. The van der Waals surface area contributed by atoms with Crippen LogP contribution in [0, 0.1) is 6.92 Å². The number of rotatable bonds is 9. The van der Waals surface area contributed by atoms with E-state index in [2.05, 4.69) is 19.1 Å².